The molecule has 0 aliphatic rings. The van der Waals surface area contributed by atoms with Crippen molar-refractivity contribution in [2.24, 2.45) is 5.92 Å². The molecule has 12 atom stereocenters. The Balaban J connectivity index is 0.000000743. The molecule has 728 valence electrons. The number of benzene rings is 9. The minimum Gasteiger partial charge on any atom is -0.508 e. The second-order valence-corrected chi connectivity index (χ2v) is 36.2. The average Bonchev–Trinajstić information content (AvgIpc) is 0.806. The summed E-state index contributed by atoms with van der Waals surface area (Å²) in [6.45, 7) is 66.6. The van der Waals surface area contributed by atoms with Crippen LogP contribution in [0, 0.1) is 5.92 Å². The zero-order valence-corrected chi connectivity index (χ0v) is 86.5. The summed E-state index contributed by atoms with van der Waals surface area (Å²) < 4.78 is 54.2. The van der Waals surface area contributed by atoms with Crippen molar-refractivity contribution < 1.29 is 72.3 Å². The van der Waals surface area contributed by atoms with Gasteiger partial charge in [0.25, 0.3) is 0 Å². The summed E-state index contributed by atoms with van der Waals surface area (Å²) in [6, 6.07) is 73.3. The molecule has 0 bridgehead atoms. The van der Waals surface area contributed by atoms with E-state index in [4.69, 9.17) is 62.7 Å². The molecule has 0 saturated carbocycles. The molecule has 15 nitrogen and oxygen atoms in total. The lowest BCUT2D eigenvalue weighted by molar-refractivity contribution is -0.157. The van der Waals surface area contributed by atoms with Gasteiger partial charge in [-0.05, 0) is 333 Å². The summed E-state index contributed by atoms with van der Waals surface area (Å²) in [5.74, 6) is 10.4. The second kappa shape index (κ2) is 67.4. The van der Waals surface area contributed by atoms with Crippen LogP contribution in [0.4, 0.5) is 4.79 Å². The maximum Gasteiger partial charge on any atom is 0.514 e. The number of aromatic hydroxyl groups is 3. The van der Waals surface area contributed by atoms with Gasteiger partial charge in [-0.25, -0.2) is 9.59 Å². The quantitative estimate of drug-likeness (QED) is 0.0191. The van der Waals surface area contributed by atoms with Gasteiger partial charge >= 0.3 is 12.1 Å². The van der Waals surface area contributed by atoms with Gasteiger partial charge in [0.2, 0.25) is 0 Å². The van der Waals surface area contributed by atoms with E-state index in [0.29, 0.717) is 101 Å². The third-order valence-corrected chi connectivity index (χ3v) is 22.5. The molecule has 9 rings (SSSR count). The normalized spacial score (nSPS) is 13.5. The van der Waals surface area contributed by atoms with E-state index in [1.54, 1.807) is 69.3 Å². The Morgan fingerprint density at radius 2 is 0.519 bits per heavy atom. The van der Waals surface area contributed by atoms with Gasteiger partial charge < -0.3 is 62.7 Å². The van der Waals surface area contributed by atoms with Crippen LogP contribution in [0.25, 0.3) is 0 Å². The predicted octanol–water partition coefficient (Wildman–Crippen LogP) is 33.3. The highest BCUT2D eigenvalue weighted by molar-refractivity contribution is 5.71. The predicted molar refractivity (Wildman–Crippen MR) is 548 cm³/mol. The molecule has 9 aromatic rings. The Hall–Kier alpha value is -9.80. The van der Waals surface area contributed by atoms with E-state index in [1.165, 1.54) is 56.5 Å². The molecule has 9 aromatic carbocycles. The van der Waals surface area contributed by atoms with E-state index in [2.05, 4.69) is 212 Å². The first-order valence-electron chi connectivity index (χ1n) is 48.6. The van der Waals surface area contributed by atoms with E-state index in [0.717, 1.165) is 81.6 Å². The summed E-state index contributed by atoms with van der Waals surface area (Å²) >= 11 is 0. The van der Waals surface area contributed by atoms with Crippen LogP contribution in [-0.4, -0.2) is 83.9 Å². The van der Waals surface area contributed by atoms with Crippen LogP contribution < -0.4 is 23.7 Å². The maximum absolute atomic E-state index is 11.5. The third kappa shape index (κ3) is 54.1. The summed E-state index contributed by atoms with van der Waals surface area (Å²) in [4.78, 5) is 23.0. The van der Waals surface area contributed by atoms with Crippen molar-refractivity contribution >= 4 is 12.1 Å². The number of carbonyl (C=O) groups is 2. The average molecular weight is 1810 g/mol. The van der Waals surface area contributed by atoms with Crippen LogP contribution in [0.2, 0.25) is 0 Å². The zero-order valence-electron chi connectivity index (χ0n) is 86.5. The molecule has 0 aromatic heterocycles. The van der Waals surface area contributed by atoms with Gasteiger partial charge in [0, 0.05) is 19.6 Å². The van der Waals surface area contributed by atoms with Gasteiger partial charge in [0.15, 0.2) is 25.5 Å². The van der Waals surface area contributed by atoms with E-state index >= 15 is 0 Å². The molecule has 0 saturated heterocycles. The Kier molecular flexibility index (Phi) is 61.3. The second-order valence-electron chi connectivity index (χ2n) is 36.2. The molecule has 0 amide bonds. The summed E-state index contributed by atoms with van der Waals surface area (Å²) in [6.07, 6.45) is 10.0. The maximum atomic E-state index is 11.5. The van der Waals surface area contributed by atoms with Gasteiger partial charge in [-0.3, -0.25) is 0 Å². The van der Waals surface area contributed by atoms with Crippen molar-refractivity contribution in [3.05, 3.63) is 275 Å². The van der Waals surface area contributed by atoms with Gasteiger partial charge in [-0.1, -0.05) is 273 Å². The van der Waals surface area contributed by atoms with Gasteiger partial charge in [-0.2, -0.15) is 0 Å². The minimum absolute atomic E-state index is 0.0556. The highest BCUT2D eigenvalue weighted by Gasteiger charge is 2.20. The number of hydrogen-bond donors (Lipinski definition) is 3. The Labute approximate surface area is 794 Å². The van der Waals surface area contributed by atoms with E-state index < -0.39 is 17.4 Å². The molecule has 131 heavy (non-hydrogen) atoms. The van der Waals surface area contributed by atoms with Crippen molar-refractivity contribution in [1.82, 2.24) is 0 Å². The molecular weight excluding hydrogens is 1630 g/mol. The van der Waals surface area contributed by atoms with E-state index in [9.17, 15) is 9.59 Å². The minimum atomic E-state index is -0.668. The fraction of sp³-hybridized carbons (Fsp3) is 0.517. The SMILES string of the molecule is CCC(C)c1ccc(O)cc1.CCC(C)c1ccc(O)cc1.CCC(C)c1ccc(O)cc1.CCC(C)c1ccc(OC(=O)OC(C)(C)C)cc1.CCC(C)c1ccc(OC(C)OCC(C)C)cc1.CCC(C)c1ccc(OCC(=O)OC(C)(C)C)cc1.CCC(C)c1ccccc1.CCOC(C)Oc1ccc(C(C)CC)cc1.CCOC(CC)Oc1ccc(C(C)CC)cc1. The first-order chi connectivity index (χ1) is 62.1. The first kappa shape index (κ1) is 119. The van der Waals surface area contributed by atoms with Crippen LogP contribution in [0.1, 0.15) is 382 Å². The number of phenols is 3. The number of esters is 1. The lowest BCUT2D eigenvalue weighted by atomic mass is 9.99. The smallest absolute Gasteiger partial charge is 0.508 e. The molecule has 0 heterocycles. The van der Waals surface area contributed by atoms with E-state index in [1.807, 2.05) is 158 Å². The standard InChI is InChI=1S/C16H24O3.C16H26O2.C15H22O3.C15H24O2.C14H22O2.3C10H14O.C10H14/c1-6-12(2)13-7-9-14(10-8-13)18-11-15(17)19-16(3,4)5;1-6-13(4)15-7-9-16(10-8-15)18-14(5)17-11-12(2)3;1-6-11(2)12-7-9-13(10-8-12)17-14(16)18-15(3,4)5;1-5-12(4)13-8-10-14(11-9-13)17-15(6-2)16-7-3;1-5-11(3)13-7-9-14(10-8-13)16-12(4)15-6-2;3*1-3-8(2)9-4-6-10(11)7-5-9;1-3-9(2)10-7-5-4-6-8-10/h7-10,12H,6,11H2,1-5H3;7-10,12-14H,6,11H2,1-5H3;7-11H,6H2,1-5H3;8-12,15H,5-7H2,1-4H3;7-12H,5-6H2,1-4H3;3*4-8,11H,3H2,1-2H3;4-9H,3H2,1-2H3. The van der Waals surface area contributed by atoms with Gasteiger partial charge in [0.05, 0.1) is 6.61 Å². The fourth-order valence-electron chi connectivity index (χ4n) is 12.2. The molecule has 0 aliphatic heterocycles. The van der Waals surface area contributed by atoms with Crippen LogP contribution in [0.3, 0.4) is 0 Å². The van der Waals surface area contributed by atoms with Crippen LogP contribution in [-0.2, 0) is 28.5 Å². The van der Waals surface area contributed by atoms with Crippen molar-refractivity contribution in [1.29, 1.82) is 0 Å². The number of hydrogen-bond acceptors (Lipinski definition) is 15. The Morgan fingerprint density at radius 1 is 0.275 bits per heavy atom. The topological polar surface area (TPSA) is 187 Å². The third-order valence-electron chi connectivity index (χ3n) is 22.5. The van der Waals surface area contributed by atoms with Crippen molar-refractivity contribution in [2.45, 2.75) is 362 Å². The van der Waals surface area contributed by atoms with E-state index in [-0.39, 0.29) is 31.4 Å². The summed E-state index contributed by atoms with van der Waals surface area (Å²) in [5.41, 5.74) is 10.9. The highest BCUT2D eigenvalue weighted by Crippen LogP contribution is 2.30. The number of carbonyl (C=O) groups excluding carboxylic acids is 2. The molecule has 0 aliphatic carbocycles. The van der Waals surface area contributed by atoms with Crippen molar-refractivity contribution in [2.75, 3.05) is 26.4 Å². The summed E-state index contributed by atoms with van der Waals surface area (Å²) in [7, 11) is 0. The fourth-order valence-corrected chi connectivity index (χ4v) is 12.2. The monoisotopic (exact) mass is 1810 g/mol. The van der Waals surface area contributed by atoms with Crippen molar-refractivity contribution in [3.8, 4) is 46.0 Å². The van der Waals surface area contributed by atoms with Gasteiger partial charge in [0.1, 0.15) is 57.2 Å². The van der Waals surface area contributed by atoms with Crippen LogP contribution in [0.15, 0.2) is 224 Å². The van der Waals surface area contributed by atoms with Gasteiger partial charge in [-0.15, -0.1) is 0 Å². The van der Waals surface area contributed by atoms with Crippen LogP contribution in [0.5, 0.6) is 46.0 Å². The number of rotatable bonds is 36. The molecular formula is C116H174O15. The first-order valence-corrected chi connectivity index (χ1v) is 48.6. The molecule has 12 unspecified atom stereocenters. The van der Waals surface area contributed by atoms with Crippen molar-refractivity contribution in [3.63, 3.8) is 0 Å². The number of phenolic OH excluding ortho intramolecular Hbond substituents is 3. The highest BCUT2D eigenvalue weighted by atomic mass is 16.7. The van der Waals surface area contributed by atoms with Crippen LogP contribution >= 0.6 is 0 Å². The Bertz CT molecular complexity index is 4170. The molecule has 15 heteroatoms. The lowest BCUT2D eigenvalue weighted by Crippen LogP contribution is -2.27. The largest absolute Gasteiger partial charge is 0.514 e. The zero-order chi connectivity index (χ0) is 98.6. The molecule has 0 radical (unpaired) electrons. The lowest BCUT2D eigenvalue weighted by Gasteiger charge is -2.19. The molecule has 0 spiro atoms. The number of ether oxygens (including phenoxy) is 10. The summed E-state index contributed by atoms with van der Waals surface area (Å²) in [5, 5.41) is 27.0. The molecule has 3 N–H and O–H groups in total. The molecule has 0 fully saturated rings. The Morgan fingerprint density at radius 3 is 0.771 bits per heavy atom.